The van der Waals surface area contributed by atoms with Crippen molar-refractivity contribution in [3.8, 4) is 0 Å². The molecule has 2 fully saturated rings. The Balaban J connectivity index is 1.84. The van der Waals surface area contributed by atoms with Crippen LogP contribution < -0.4 is 4.90 Å². The Morgan fingerprint density at radius 1 is 1.12 bits per heavy atom. The van der Waals surface area contributed by atoms with Crippen LogP contribution in [0.1, 0.15) is 37.6 Å². The van der Waals surface area contributed by atoms with E-state index in [-0.39, 0.29) is 5.54 Å². The van der Waals surface area contributed by atoms with Crippen LogP contribution >= 0.6 is 0 Å². The molecule has 1 aromatic rings. The first-order valence-corrected chi connectivity index (χ1v) is 9.00. The molecule has 6 nitrogen and oxygen atoms in total. The maximum atomic E-state index is 12.3. The number of carbonyl (C=O) groups is 1. The van der Waals surface area contributed by atoms with E-state index in [1.54, 1.807) is 0 Å². The summed E-state index contributed by atoms with van der Waals surface area (Å²) in [5, 5.41) is 0. The Morgan fingerprint density at radius 2 is 1.83 bits per heavy atom. The summed E-state index contributed by atoms with van der Waals surface area (Å²) in [6, 6.07) is 2.01. The van der Waals surface area contributed by atoms with E-state index in [0.717, 1.165) is 62.9 Å². The SMILES string of the molecule is CCN1CCC2(CCC1=O)CN(c1nc(C)cc(C)n1)CCN2C. The van der Waals surface area contributed by atoms with Gasteiger partial charge in [-0.1, -0.05) is 0 Å². The van der Waals surface area contributed by atoms with Crippen LogP contribution in [0, 0.1) is 13.8 Å². The van der Waals surface area contributed by atoms with Crippen molar-refractivity contribution in [3.63, 3.8) is 0 Å². The van der Waals surface area contributed by atoms with Crippen LogP contribution in [0.3, 0.4) is 0 Å². The summed E-state index contributed by atoms with van der Waals surface area (Å²) in [5.74, 6) is 1.13. The first-order chi connectivity index (χ1) is 11.4. The number of likely N-dealkylation sites (tertiary alicyclic amines) is 1. The lowest BCUT2D eigenvalue weighted by atomic mass is 9.86. The average Bonchev–Trinajstić information content (AvgIpc) is 2.69. The summed E-state index contributed by atoms with van der Waals surface area (Å²) in [7, 11) is 2.20. The van der Waals surface area contributed by atoms with Gasteiger partial charge in [-0.25, -0.2) is 9.97 Å². The molecule has 1 aromatic heterocycles. The molecule has 1 atom stereocenters. The number of aryl methyl sites for hydroxylation is 2. The lowest BCUT2D eigenvalue weighted by Crippen LogP contribution is -2.61. The van der Waals surface area contributed by atoms with Crippen LogP contribution in [-0.4, -0.2) is 71.0 Å². The predicted molar refractivity (Wildman–Crippen MR) is 95.2 cm³/mol. The van der Waals surface area contributed by atoms with Crippen molar-refractivity contribution in [2.45, 2.75) is 45.6 Å². The average molecular weight is 331 g/mol. The second kappa shape index (κ2) is 6.67. The molecule has 24 heavy (non-hydrogen) atoms. The number of piperazine rings is 1. The van der Waals surface area contributed by atoms with Gasteiger partial charge in [-0.3, -0.25) is 9.69 Å². The van der Waals surface area contributed by atoms with Gasteiger partial charge in [-0.05, 0) is 46.7 Å². The second-order valence-corrected chi connectivity index (χ2v) is 7.24. The molecule has 1 amide bonds. The van der Waals surface area contributed by atoms with Gasteiger partial charge in [-0.15, -0.1) is 0 Å². The number of hydrogen-bond acceptors (Lipinski definition) is 5. The summed E-state index contributed by atoms with van der Waals surface area (Å²) in [5.41, 5.74) is 2.07. The molecule has 0 radical (unpaired) electrons. The van der Waals surface area contributed by atoms with Gasteiger partial charge in [0.05, 0.1) is 0 Å². The molecule has 0 saturated carbocycles. The highest BCUT2D eigenvalue weighted by Crippen LogP contribution is 2.33. The maximum Gasteiger partial charge on any atom is 0.225 e. The van der Waals surface area contributed by atoms with E-state index in [2.05, 4.69) is 33.7 Å². The minimum atomic E-state index is 0.0405. The predicted octanol–water partition coefficient (Wildman–Crippen LogP) is 1.62. The molecule has 2 saturated heterocycles. The molecule has 1 unspecified atom stereocenters. The van der Waals surface area contributed by atoms with Crippen LogP contribution in [0.25, 0.3) is 0 Å². The number of nitrogens with zero attached hydrogens (tertiary/aromatic N) is 5. The van der Waals surface area contributed by atoms with Gasteiger partial charge in [0.1, 0.15) is 0 Å². The highest BCUT2D eigenvalue weighted by Gasteiger charge is 2.42. The minimum Gasteiger partial charge on any atom is -0.343 e. The number of hydrogen-bond donors (Lipinski definition) is 0. The smallest absolute Gasteiger partial charge is 0.225 e. The van der Waals surface area contributed by atoms with E-state index in [0.29, 0.717) is 12.3 Å². The lowest BCUT2D eigenvalue weighted by Gasteiger charge is -2.49. The van der Waals surface area contributed by atoms with E-state index in [4.69, 9.17) is 0 Å². The number of aromatic nitrogens is 2. The molecule has 2 aliphatic rings. The number of rotatable bonds is 2. The lowest BCUT2D eigenvalue weighted by molar-refractivity contribution is -0.130. The van der Waals surface area contributed by atoms with Gasteiger partial charge >= 0.3 is 0 Å². The largest absolute Gasteiger partial charge is 0.343 e. The molecule has 0 aromatic carbocycles. The van der Waals surface area contributed by atoms with E-state index < -0.39 is 0 Å². The quantitative estimate of drug-likeness (QED) is 0.824. The standard InChI is InChI=1S/C18H29N5O/c1-5-22-9-8-18(7-6-16(22)24)13-23(11-10-21(18)4)17-19-14(2)12-15(3)20-17/h12H,5-11,13H2,1-4H3. The topological polar surface area (TPSA) is 52.6 Å². The summed E-state index contributed by atoms with van der Waals surface area (Å²) < 4.78 is 0. The van der Waals surface area contributed by atoms with Gasteiger partial charge in [0.15, 0.2) is 0 Å². The first kappa shape index (κ1) is 17.1. The third kappa shape index (κ3) is 3.24. The molecular formula is C18H29N5O. The fourth-order valence-electron chi connectivity index (χ4n) is 4.05. The zero-order valence-corrected chi connectivity index (χ0v) is 15.4. The summed E-state index contributed by atoms with van der Waals surface area (Å²) >= 11 is 0. The Kier molecular flexibility index (Phi) is 4.76. The summed E-state index contributed by atoms with van der Waals surface area (Å²) in [4.78, 5) is 28.3. The van der Waals surface area contributed by atoms with E-state index in [9.17, 15) is 4.79 Å². The molecule has 0 aliphatic carbocycles. The monoisotopic (exact) mass is 331 g/mol. The zero-order chi connectivity index (χ0) is 17.3. The number of anilines is 1. The van der Waals surface area contributed by atoms with Crippen LogP contribution in [0.2, 0.25) is 0 Å². The van der Waals surface area contributed by atoms with Crippen molar-refractivity contribution < 1.29 is 4.79 Å². The number of likely N-dealkylation sites (N-methyl/N-ethyl adjacent to an activating group) is 1. The molecule has 0 N–H and O–H groups in total. The van der Waals surface area contributed by atoms with Crippen molar-refractivity contribution in [1.82, 2.24) is 19.8 Å². The van der Waals surface area contributed by atoms with Gasteiger partial charge in [-0.2, -0.15) is 0 Å². The van der Waals surface area contributed by atoms with E-state index in [1.165, 1.54) is 0 Å². The zero-order valence-electron chi connectivity index (χ0n) is 15.4. The third-order valence-corrected chi connectivity index (χ3v) is 5.64. The normalized spacial score (nSPS) is 26.1. The van der Waals surface area contributed by atoms with Gasteiger partial charge < -0.3 is 9.80 Å². The Hall–Kier alpha value is -1.69. The first-order valence-electron chi connectivity index (χ1n) is 9.00. The minimum absolute atomic E-state index is 0.0405. The Morgan fingerprint density at radius 3 is 2.50 bits per heavy atom. The Labute approximate surface area is 144 Å². The summed E-state index contributed by atoms with van der Waals surface area (Å²) in [6.07, 6.45) is 2.57. The van der Waals surface area contributed by atoms with E-state index in [1.807, 2.05) is 24.8 Å². The molecule has 3 rings (SSSR count). The highest BCUT2D eigenvalue weighted by atomic mass is 16.2. The second-order valence-electron chi connectivity index (χ2n) is 7.24. The van der Waals surface area contributed by atoms with Crippen LogP contribution in [0.4, 0.5) is 5.95 Å². The molecule has 132 valence electrons. The number of amides is 1. The number of carbonyl (C=O) groups excluding carboxylic acids is 1. The fourth-order valence-corrected chi connectivity index (χ4v) is 4.05. The molecule has 2 aliphatic heterocycles. The molecule has 0 bridgehead atoms. The Bertz CT molecular complexity index is 599. The van der Waals surface area contributed by atoms with Gasteiger partial charge in [0.25, 0.3) is 0 Å². The van der Waals surface area contributed by atoms with Gasteiger partial charge in [0.2, 0.25) is 11.9 Å². The highest BCUT2D eigenvalue weighted by molar-refractivity contribution is 5.76. The molecular weight excluding hydrogens is 302 g/mol. The van der Waals surface area contributed by atoms with Crippen molar-refractivity contribution in [3.05, 3.63) is 17.5 Å². The fraction of sp³-hybridized carbons (Fsp3) is 0.722. The van der Waals surface area contributed by atoms with Crippen molar-refractivity contribution >= 4 is 11.9 Å². The summed E-state index contributed by atoms with van der Waals surface area (Å²) in [6.45, 7) is 10.6. The molecule has 1 spiro atoms. The molecule has 3 heterocycles. The van der Waals surface area contributed by atoms with E-state index >= 15 is 0 Å². The maximum absolute atomic E-state index is 12.3. The van der Waals surface area contributed by atoms with Crippen LogP contribution in [0.5, 0.6) is 0 Å². The van der Waals surface area contributed by atoms with Crippen molar-refractivity contribution in [1.29, 1.82) is 0 Å². The van der Waals surface area contributed by atoms with Crippen molar-refractivity contribution in [2.75, 3.05) is 44.7 Å². The molecule has 6 heteroatoms. The van der Waals surface area contributed by atoms with Crippen molar-refractivity contribution in [2.24, 2.45) is 0 Å². The van der Waals surface area contributed by atoms with Crippen LogP contribution in [-0.2, 0) is 4.79 Å². The van der Waals surface area contributed by atoms with Gasteiger partial charge in [0, 0.05) is 56.1 Å². The van der Waals surface area contributed by atoms with Crippen LogP contribution in [0.15, 0.2) is 6.07 Å². The third-order valence-electron chi connectivity index (χ3n) is 5.64.